The van der Waals surface area contributed by atoms with E-state index in [2.05, 4.69) is 11.1 Å². The van der Waals surface area contributed by atoms with Gasteiger partial charge in [-0.15, -0.1) is 0 Å². The van der Waals surface area contributed by atoms with Crippen molar-refractivity contribution in [2.75, 3.05) is 7.05 Å². The summed E-state index contributed by atoms with van der Waals surface area (Å²) in [4.78, 5) is 6.58. The molecule has 1 aliphatic rings. The van der Waals surface area contributed by atoms with Gasteiger partial charge in [0.1, 0.15) is 11.6 Å². The molecular formula is C17H16N4. The molecule has 0 bridgehead atoms. The Kier molecular flexibility index (Phi) is 3.11. The van der Waals surface area contributed by atoms with E-state index < -0.39 is 0 Å². The minimum Gasteiger partial charge on any atom is -0.350 e. The van der Waals surface area contributed by atoms with Crippen LogP contribution in [0.1, 0.15) is 12.7 Å². The van der Waals surface area contributed by atoms with Gasteiger partial charge < -0.3 is 9.47 Å². The van der Waals surface area contributed by atoms with Crippen LogP contribution in [0.2, 0.25) is 0 Å². The lowest BCUT2D eigenvalue weighted by Crippen LogP contribution is -2.15. The summed E-state index contributed by atoms with van der Waals surface area (Å²) in [5.74, 6) is 0.693. The molecule has 0 amide bonds. The Morgan fingerprint density at radius 3 is 2.62 bits per heavy atom. The number of hydrogen-bond acceptors (Lipinski definition) is 3. The molecule has 2 heterocycles. The molecule has 3 rings (SSSR count). The first-order valence-electron chi connectivity index (χ1n) is 6.77. The molecule has 0 atom stereocenters. The highest BCUT2D eigenvalue weighted by molar-refractivity contribution is 5.85. The molecule has 2 aromatic rings. The molecule has 0 fully saturated rings. The number of hydrogen-bond donors (Lipinski definition) is 0. The number of imidazole rings is 1. The number of para-hydroxylation sites is 2. The van der Waals surface area contributed by atoms with Crippen molar-refractivity contribution < 1.29 is 0 Å². The van der Waals surface area contributed by atoms with Crippen LogP contribution in [0.4, 0.5) is 0 Å². The normalized spacial score (nSPS) is 16.9. The van der Waals surface area contributed by atoms with Crippen LogP contribution in [-0.4, -0.2) is 21.5 Å². The van der Waals surface area contributed by atoms with E-state index in [-0.39, 0.29) is 0 Å². The van der Waals surface area contributed by atoms with Crippen LogP contribution in [0.5, 0.6) is 0 Å². The van der Waals surface area contributed by atoms with Gasteiger partial charge in [0.25, 0.3) is 0 Å². The van der Waals surface area contributed by atoms with Crippen LogP contribution < -0.4 is 0 Å². The van der Waals surface area contributed by atoms with Crippen LogP contribution in [-0.2, 0) is 7.05 Å². The maximum Gasteiger partial charge on any atom is 0.153 e. The van der Waals surface area contributed by atoms with E-state index in [9.17, 15) is 5.26 Å². The molecule has 0 saturated carbocycles. The molecule has 1 aliphatic heterocycles. The zero-order chi connectivity index (χ0) is 15.0. The lowest BCUT2D eigenvalue weighted by Gasteiger charge is -2.21. The lowest BCUT2D eigenvalue weighted by atomic mass is 10.1. The summed E-state index contributed by atoms with van der Waals surface area (Å²) in [7, 11) is 3.89. The SMILES string of the molecule is CC1=CN(C)C(=C(C#N)c2nc3ccccc3n2C)C=C1. The highest BCUT2D eigenvalue weighted by Gasteiger charge is 2.18. The van der Waals surface area contributed by atoms with E-state index in [0.717, 1.165) is 22.3 Å². The third kappa shape index (κ3) is 2.13. The fourth-order valence-corrected chi connectivity index (χ4v) is 2.60. The van der Waals surface area contributed by atoms with Gasteiger partial charge in [-0.1, -0.05) is 18.2 Å². The van der Waals surface area contributed by atoms with Crippen LogP contribution in [0.15, 0.2) is 53.9 Å². The standard InChI is InChI=1S/C17H16N4/c1-12-8-9-15(20(2)11-12)13(10-18)17-19-14-6-4-5-7-16(14)21(17)3/h4-9,11H,1-3H3. The topological polar surface area (TPSA) is 44.9 Å². The Hall–Kier alpha value is -2.80. The monoisotopic (exact) mass is 276 g/mol. The van der Waals surface area contributed by atoms with Crippen molar-refractivity contribution >= 4 is 16.6 Å². The molecule has 0 radical (unpaired) electrons. The zero-order valence-electron chi connectivity index (χ0n) is 12.3. The van der Waals surface area contributed by atoms with E-state index in [4.69, 9.17) is 0 Å². The number of rotatable bonds is 1. The van der Waals surface area contributed by atoms with Crippen molar-refractivity contribution in [2.45, 2.75) is 6.92 Å². The highest BCUT2D eigenvalue weighted by atomic mass is 15.1. The summed E-state index contributed by atoms with van der Waals surface area (Å²) in [6.07, 6.45) is 5.98. The molecule has 0 aliphatic carbocycles. The first kappa shape index (κ1) is 13.2. The van der Waals surface area contributed by atoms with Gasteiger partial charge in [-0.05, 0) is 30.7 Å². The Bertz CT molecular complexity index is 843. The van der Waals surface area contributed by atoms with Crippen molar-refractivity contribution in [1.82, 2.24) is 14.5 Å². The number of benzene rings is 1. The maximum atomic E-state index is 9.62. The Morgan fingerprint density at radius 1 is 1.19 bits per heavy atom. The van der Waals surface area contributed by atoms with Crippen molar-refractivity contribution in [3.63, 3.8) is 0 Å². The molecule has 1 aromatic heterocycles. The predicted molar refractivity (Wildman–Crippen MR) is 83.9 cm³/mol. The second kappa shape index (κ2) is 4.95. The highest BCUT2D eigenvalue weighted by Crippen LogP contribution is 2.26. The van der Waals surface area contributed by atoms with Crippen LogP contribution in [0.25, 0.3) is 16.6 Å². The Morgan fingerprint density at radius 2 is 1.95 bits per heavy atom. The average molecular weight is 276 g/mol. The van der Waals surface area contributed by atoms with E-state index in [1.54, 1.807) is 0 Å². The van der Waals surface area contributed by atoms with Gasteiger partial charge in [-0.3, -0.25) is 0 Å². The first-order valence-corrected chi connectivity index (χ1v) is 6.77. The van der Waals surface area contributed by atoms with E-state index in [1.165, 1.54) is 0 Å². The zero-order valence-corrected chi connectivity index (χ0v) is 12.3. The molecule has 4 nitrogen and oxygen atoms in total. The van der Waals surface area contributed by atoms with E-state index in [0.29, 0.717) is 11.4 Å². The van der Waals surface area contributed by atoms with Gasteiger partial charge in [0.15, 0.2) is 5.82 Å². The quantitative estimate of drug-likeness (QED) is 0.751. The van der Waals surface area contributed by atoms with Gasteiger partial charge in [0, 0.05) is 20.3 Å². The number of aromatic nitrogens is 2. The second-order valence-corrected chi connectivity index (χ2v) is 5.17. The van der Waals surface area contributed by atoms with Crippen LogP contribution in [0, 0.1) is 11.3 Å². The Balaban J connectivity index is 2.23. The van der Waals surface area contributed by atoms with Crippen LogP contribution >= 0.6 is 0 Å². The second-order valence-electron chi connectivity index (χ2n) is 5.17. The average Bonchev–Trinajstić information content (AvgIpc) is 2.80. The fourth-order valence-electron chi connectivity index (χ4n) is 2.60. The third-order valence-corrected chi connectivity index (χ3v) is 3.66. The summed E-state index contributed by atoms with van der Waals surface area (Å²) in [6, 6.07) is 10.2. The van der Waals surface area contributed by atoms with Gasteiger partial charge in [0.2, 0.25) is 0 Å². The Labute approximate surface area is 123 Å². The first-order chi connectivity index (χ1) is 10.1. The van der Waals surface area contributed by atoms with Crippen molar-refractivity contribution in [3.8, 4) is 6.07 Å². The number of fused-ring (bicyclic) bond motifs is 1. The summed E-state index contributed by atoms with van der Waals surface area (Å²) < 4.78 is 1.97. The minimum atomic E-state index is 0.580. The van der Waals surface area contributed by atoms with Crippen molar-refractivity contribution in [2.24, 2.45) is 7.05 Å². The fraction of sp³-hybridized carbons (Fsp3) is 0.176. The molecule has 0 saturated heterocycles. The summed E-state index contributed by atoms with van der Waals surface area (Å²) in [5, 5.41) is 9.62. The molecule has 0 N–H and O–H groups in total. The van der Waals surface area contributed by atoms with E-state index in [1.807, 2.05) is 73.1 Å². The number of nitriles is 1. The third-order valence-electron chi connectivity index (χ3n) is 3.66. The largest absolute Gasteiger partial charge is 0.350 e. The number of likely N-dealkylation sites (N-methyl/N-ethyl adjacent to an activating group) is 1. The van der Waals surface area contributed by atoms with Gasteiger partial charge in [-0.2, -0.15) is 5.26 Å². The molecule has 0 spiro atoms. The predicted octanol–water partition coefficient (Wildman–Crippen LogP) is 3.21. The lowest BCUT2D eigenvalue weighted by molar-refractivity contribution is 0.580. The molecule has 0 unspecified atom stereocenters. The van der Waals surface area contributed by atoms with Crippen LogP contribution in [0.3, 0.4) is 0 Å². The van der Waals surface area contributed by atoms with Crippen molar-refractivity contribution in [1.29, 1.82) is 5.26 Å². The van der Waals surface area contributed by atoms with Gasteiger partial charge in [0.05, 0.1) is 16.7 Å². The maximum absolute atomic E-state index is 9.62. The van der Waals surface area contributed by atoms with Gasteiger partial charge in [-0.25, -0.2) is 4.98 Å². The molecule has 104 valence electrons. The summed E-state index contributed by atoms with van der Waals surface area (Å²) in [5.41, 5.74) is 4.52. The number of aryl methyl sites for hydroxylation is 1. The van der Waals surface area contributed by atoms with Crippen molar-refractivity contribution in [3.05, 3.63) is 59.7 Å². The minimum absolute atomic E-state index is 0.580. The number of nitrogens with zero attached hydrogens (tertiary/aromatic N) is 4. The molecule has 1 aromatic carbocycles. The molecule has 21 heavy (non-hydrogen) atoms. The molecule has 4 heteroatoms. The van der Waals surface area contributed by atoms with E-state index >= 15 is 0 Å². The summed E-state index contributed by atoms with van der Waals surface area (Å²) >= 11 is 0. The smallest absolute Gasteiger partial charge is 0.153 e. The molecular weight excluding hydrogens is 260 g/mol. The van der Waals surface area contributed by atoms with Gasteiger partial charge >= 0.3 is 0 Å². The number of allylic oxidation sites excluding steroid dienone is 4. The summed E-state index contributed by atoms with van der Waals surface area (Å²) in [6.45, 7) is 2.03.